The summed E-state index contributed by atoms with van der Waals surface area (Å²) in [6, 6.07) is 31.2. The number of nitrogens with zero attached hydrogens (tertiary/aromatic N) is 1. The highest BCUT2D eigenvalue weighted by Gasteiger charge is 2.19. The van der Waals surface area contributed by atoms with Crippen molar-refractivity contribution in [2.45, 2.75) is 0 Å². The van der Waals surface area contributed by atoms with Crippen LogP contribution in [0.25, 0.3) is 16.8 Å². The summed E-state index contributed by atoms with van der Waals surface area (Å²) in [7, 11) is 0. The van der Waals surface area contributed by atoms with E-state index in [2.05, 4.69) is 22.8 Å². The molecule has 1 aliphatic heterocycles. The number of anilines is 1. The Labute approximate surface area is 174 Å². The average molecular weight is 389 g/mol. The Kier molecular flexibility index (Phi) is 4.58. The van der Waals surface area contributed by atoms with Gasteiger partial charge in [0.1, 0.15) is 0 Å². The fourth-order valence-corrected chi connectivity index (χ4v) is 3.59. The molecule has 144 valence electrons. The van der Waals surface area contributed by atoms with Crippen LogP contribution in [0.4, 0.5) is 11.4 Å². The number of amidine groups is 1. The number of benzene rings is 4. The fraction of sp³-hybridized carbons (Fsp3) is 0. The normalized spacial score (nSPS) is 12.8. The number of amides is 1. The van der Waals surface area contributed by atoms with Crippen molar-refractivity contribution in [2.24, 2.45) is 4.99 Å². The van der Waals surface area contributed by atoms with Crippen molar-refractivity contribution < 1.29 is 4.79 Å². The number of nitrogens with one attached hydrogen (secondary N) is 2. The van der Waals surface area contributed by atoms with E-state index in [-0.39, 0.29) is 5.91 Å². The van der Waals surface area contributed by atoms with Gasteiger partial charge in [0.2, 0.25) is 0 Å². The van der Waals surface area contributed by atoms with Crippen molar-refractivity contribution in [2.75, 3.05) is 5.32 Å². The largest absolute Gasteiger partial charge is 0.338 e. The molecule has 4 heteroatoms. The van der Waals surface area contributed by atoms with Crippen LogP contribution in [0.1, 0.15) is 15.9 Å². The molecule has 1 heterocycles. The third kappa shape index (κ3) is 3.47. The first kappa shape index (κ1) is 17.9. The minimum atomic E-state index is -0.181. The molecule has 30 heavy (non-hydrogen) atoms. The molecule has 0 spiro atoms. The molecule has 0 aromatic heterocycles. The predicted octanol–water partition coefficient (Wildman–Crippen LogP) is 5.77. The minimum Gasteiger partial charge on any atom is -0.338 e. The summed E-state index contributed by atoms with van der Waals surface area (Å²) in [6.45, 7) is 0. The Balaban J connectivity index is 1.58. The van der Waals surface area contributed by atoms with Crippen molar-refractivity contribution in [3.8, 4) is 0 Å². The van der Waals surface area contributed by atoms with Gasteiger partial charge in [-0.1, -0.05) is 72.8 Å². The number of carbonyl (C=O) groups is 1. The summed E-state index contributed by atoms with van der Waals surface area (Å²) in [6.07, 6.45) is 1.93. The second-order valence-electron chi connectivity index (χ2n) is 7.06. The van der Waals surface area contributed by atoms with Gasteiger partial charge in [0.25, 0.3) is 5.91 Å². The first-order valence-electron chi connectivity index (χ1n) is 9.79. The Hall–Kier alpha value is -4.18. The van der Waals surface area contributed by atoms with Crippen LogP contribution in [0.15, 0.2) is 108 Å². The Bertz CT molecular complexity index is 1290. The first-order chi connectivity index (χ1) is 14.8. The molecule has 0 saturated carbocycles. The Morgan fingerprint density at radius 1 is 0.800 bits per heavy atom. The van der Waals surface area contributed by atoms with Crippen LogP contribution in [0.3, 0.4) is 0 Å². The summed E-state index contributed by atoms with van der Waals surface area (Å²) in [5.74, 6) is 0.425. The molecular weight excluding hydrogens is 370 g/mol. The molecule has 1 aliphatic rings. The third-order valence-electron chi connectivity index (χ3n) is 5.02. The maximum atomic E-state index is 12.9. The van der Waals surface area contributed by atoms with Crippen molar-refractivity contribution in [3.05, 3.63) is 114 Å². The summed E-state index contributed by atoms with van der Waals surface area (Å²) >= 11 is 0. The summed E-state index contributed by atoms with van der Waals surface area (Å²) in [5.41, 5.74) is 4.03. The van der Waals surface area contributed by atoms with E-state index in [1.807, 2.05) is 78.9 Å². The van der Waals surface area contributed by atoms with E-state index >= 15 is 0 Å². The molecule has 4 nitrogen and oxygen atoms in total. The molecule has 2 N–H and O–H groups in total. The SMILES string of the molecule is O=C(N/C(=C\c1ccccc1)C1=Nc2cccc3cccc(c23)N1)c1ccccc1. The lowest BCUT2D eigenvalue weighted by Crippen LogP contribution is -2.31. The molecule has 4 aromatic rings. The van der Waals surface area contributed by atoms with E-state index in [1.54, 1.807) is 12.1 Å². The molecule has 0 fully saturated rings. The van der Waals surface area contributed by atoms with Gasteiger partial charge in [-0.2, -0.15) is 0 Å². The molecule has 1 amide bonds. The molecule has 0 radical (unpaired) electrons. The molecule has 0 unspecified atom stereocenters. The third-order valence-corrected chi connectivity index (χ3v) is 5.02. The van der Waals surface area contributed by atoms with Gasteiger partial charge >= 0.3 is 0 Å². The lowest BCUT2D eigenvalue weighted by molar-refractivity contribution is 0.0968. The molecule has 0 atom stereocenters. The van der Waals surface area contributed by atoms with E-state index in [0.29, 0.717) is 17.1 Å². The topological polar surface area (TPSA) is 53.5 Å². The predicted molar refractivity (Wildman–Crippen MR) is 123 cm³/mol. The highest BCUT2D eigenvalue weighted by Crippen LogP contribution is 2.36. The lowest BCUT2D eigenvalue weighted by atomic mass is 10.0. The van der Waals surface area contributed by atoms with Gasteiger partial charge in [-0.3, -0.25) is 4.79 Å². The van der Waals surface area contributed by atoms with E-state index < -0.39 is 0 Å². The molecule has 0 saturated heterocycles. The van der Waals surface area contributed by atoms with Crippen molar-refractivity contribution in [1.29, 1.82) is 0 Å². The van der Waals surface area contributed by atoms with Crippen LogP contribution < -0.4 is 10.6 Å². The second-order valence-corrected chi connectivity index (χ2v) is 7.06. The number of hydrogen-bond donors (Lipinski definition) is 2. The molecule has 0 bridgehead atoms. The minimum absolute atomic E-state index is 0.181. The Morgan fingerprint density at radius 3 is 2.27 bits per heavy atom. The number of rotatable bonds is 4. The first-order valence-corrected chi connectivity index (χ1v) is 9.79. The lowest BCUT2D eigenvalue weighted by Gasteiger charge is -2.21. The number of carbonyl (C=O) groups excluding carboxylic acids is 1. The van der Waals surface area contributed by atoms with E-state index in [0.717, 1.165) is 27.7 Å². The Morgan fingerprint density at radius 2 is 1.50 bits per heavy atom. The van der Waals surface area contributed by atoms with Gasteiger partial charge in [0.05, 0.1) is 11.4 Å². The quantitative estimate of drug-likeness (QED) is 0.466. The van der Waals surface area contributed by atoms with Crippen LogP contribution in [0.5, 0.6) is 0 Å². The van der Waals surface area contributed by atoms with Crippen molar-refractivity contribution in [1.82, 2.24) is 5.32 Å². The molecular formula is C26H19N3O. The van der Waals surface area contributed by atoms with Crippen LogP contribution in [-0.2, 0) is 0 Å². The molecule has 0 aliphatic carbocycles. The zero-order chi connectivity index (χ0) is 20.3. The van der Waals surface area contributed by atoms with Crippen LogP contribution in [0.2, 0.25) is 0 Å². The van der Waals surface area contributed by atoms with Gasteiger partial charge in [0.15, 0.2) is 5.84 Å². The standard InChI is InChI=1S/C26H19N3O/c30-26(20-11-5-2-6-12-20)29-23(17-18-9-3-1-4-10-18)25-27-21-15-7-13-19-14-8-16-22(28-25)24(19)21/h1-17H,(H,27,28)(H,29,30)/b23-17-. The van der Waals surface area contributed by atoms with Crippen LogP contribution in [0, 0.1) is 0 Å². The zero-order valence-corrected chi connectivity index (χ0v) is 16.2. The summed E-state index contributed by atoms with van der Waals surface area (Å²) in [4.78, 5) is 17.7. The van der Waals surface area contributed by atoms with E-state index in [4.69, 9.17) is 4.99 Å². The highest BCUT2D eigenvalue weighted by molar-refractivity contribution is 6.21. The maximum Gasteiger partial charge on any atom is 0.255 e. The highest BCUT2D eigenvalue weighted by atomic mass is 16.1. The van der Waals surface area contributed by atoms with E-state index in [1.165, 1.54) is 0 Å². The molecule has 4 aromatic carbocycles. The van der Waals surface area contributed by atoms with Crippen molar-refractivity contribution in [3.63, 3.8) is 0 Å². The van der Waals surface area contributed by atoms with Gasteiger partial charge in [-0.25, -0.2) is 4.99 Å². The van der Waals surface area contributed by atoms with Gasteiger partial charge in [0, 0.05) is 16.6 Å². The molecule has 5 rings (SSSR count). The summed E-state index contributed by atoms with van der Waals surface area (Å²) in [5, 5.41) is 8.66. The maximum absolute atomic E-state index is 12.9. The van der Waals surface area contributed by atoms with Crippen LogP contribution in [-0.4, -0.2) is 11.7 Å². The summed E-state index contributed by atoms with van der Waals surface area (Å²) < 4.78 is 0. The zero-order valence-electron chi connectivity index (χ0n) is 16.2. The van der Waals surface area contributed by atoms with Crippen LogP contribution >= 0.6 is 0 Å². The van der Waals surface area contributed by atoms with Gasteiger partial charge < -0.3 is 10.6 Å². The van der Waals surface area contributed by atoms with Gasteiger partial charge in [-0.15, -0.1) is 0 Å². The second kappa shape index (κ2) is 7.68. The number of hydrogen-bond acceptors (Lipinski definition) is 3. The fourth-order valence-electron chi connectivity index (χ4n) is 3.59. The van der Waals surface area contributed by atoms with Gasteiger partial charge in [-0.05, 0) is 41.3 Å². The smallest absolute Gasteiger partial charge is 0.255 e. The monoisotopic (exact) mass is 389 g/mol. The number of aliphatic imine (C=N–C) groups is 1. The van der Waals surface area contributed by atoms with Crippen molar-refractivity contribution >= 4 is 40.0 Å². The van der Waals surface area contributed by atoms with E-state index in [9.17, 15) is 4.79 Å². The average Bonchev–Trinajstić information content (AvgIpc) is 2.80.